The van der Waals surface area contributed by atoms with Crippen molar-refractivity contribution in [1.82, 2.24) is 4.90 Å². The van der Waals surface area contributed by atoms with Gasteiger partial charge in [0.25, 0.3) is 0 Å². The molecule has 1 fully saturated rings. The number of hydrogen-bond acceptors (Lipinski definition) is 2. The molecule has 1 aliphatic rings. The molecule has 1 rings (SSSR count). The van der Waals surface area contributed by atoms with Gasteiger partial charge < -0.3 is 10.6 Å². The third-order valence-corrected chi connectivity index (χ3v) is 3.26. The minimum atomic E-state index is -0.306. The van der Waals surface area contributed by atoms with E-state index in [0.717, 1.165) is 25.8 Å². The van der Waals surface area contributed by atoms with Crippen molar-refractivity contribution in [1.29, 1.82) is 0 Å². The normalized spacial score (nSPS) is 25.1. The van der Waals surface area contributed by atoms with E-state index < -0.39 is 0 Å². The van der Waals surface area contributed by atoms with Crippen molar-refractivity contribution in [2.75, 3.05) is 6.54 Å². The van der Waals surface area contributed by atoms with E-state index in [1.165, 1.54) is 0 Å². The molecule has 1 heterocycles. The Balaban J connectivity index is 0.00000225. The summed E-state index contributed by atoms with van der Waals surface area (Å²) in [7, 11) is 0. The summed E-state index contributed by atoms with van der Waals surface area (Å²) in [6.45, 7) is 9.38. The van der Waals surface area contributed by atoms with E-state index in [1.54, 1.807) is 0 Å². The zero-order valence-corrected chi connectivity index (χ0v) is 11.6. The first-order valence-electron chi connectivity index (χ1n) is 5.95. The van der Waals surface area contributed by atoms with Gasteiger partial charge in [0.2, 0.25) is 5.91 Å². The van der Waals surface area contributed by atoms with Crippen LogP contribution in [0.5, 0.6) is 0 Å². The van der Waals surface area contributed by atoms with Gasteiger partial charge in [-0.1, -0.05) is 20.3 Å². The summed E-state index contributed by atoms with van der Waals surface area (Å²) >= 11 is 0. The molecule has 1 amide bonds. The first kappa shape index (κ1) is 15.7. The lowest BCUT2D eigenvalue weighted by atomic mass is 9.97. The monoisotopic (exact) mass is 248 g/mol. The molecule has 0 aromatic heterocycles. The molecule has 1 saturated heterocycles. The average molecular weight is 249 g/mol. The highest BCUT2D eigenvalue weighted by Crippen LogP contribution is 2.32. The molecule has 0 saturated carbocycles. The van der Waals surface area contributed by atoms with Gasteiger partial charge in [-0.3, -0.25) is 4.79 Å². The van der Waals surface area contributed by atoms with Gasteiger partial charge in [0.1, 0.15) is 0 Å². The molecule has 96 valence electrons. The van der Waals surface area contributed by atoms with Crippen molar-refractivity contribution in [2.24, 2.45) is 11.7 Å². The van der Waals surface area contributed by atoms with Crippen LogP contribution in [0.3, 0.4) is 0 Å². The third-order valence-electron chi connectivity index (χ3n) is 3.26. The number of rotatable bonds is 3. The molecule has 4 heteroatoms. The Hall–Kier alpha value is -0.280. The largest absolute Gasteiger partial charge is 0.336 e. The van der Waals surface area contributed by atoms with Crippen LogP contribution < -0.4 is 5.73 Å². The predicted molar refractivity (Wildman–Crippen MR) is 69.7 cm³/mol. The molecular formula is C12H25ClN2O. The van der Waals surface area contributed by atoms with Crippen LogP contribution in [0.2, 0.25) is 0 Å². The second-order valence-electron chi connectivity index (χ2n) is 5.47. The van der Waals surface area contributed by atoms with Crippen LogP contribution in [0.15, 0.2) is 0 Å². The number of halogens is 1. The fraction of sp³-hybridized carbons (Fsp3) is 0.917. The van der Waals surface area contributed by atoms with E-state index in [-0.39, 0.29) is 29.9 Å². The summed E-state index contributed by atoms with van der Waals surface area (Å²) in [6, 6.07) is -0.306. The zero-order valence-electron chi connectivity index (χ0n) is 10.8. The Morgan fingerprint density at radius 3 is 2.50 bits per heavy atom. The maximum atomic E-state index is 12.1. The highest BCUT2D eigenvalue weighted by molar-refractivity contribution is 5.85. The van der Waals surface area contributed by atoms with E-state index in [2.05, 4.69) is 27.7 Å². The quantitative estimate of drug-likeness (QED) is 0.832. The van der Waals surface area contributed by atoms with Crippen molar-refractivity contribution in [3.63, 3.8) is 0 Å². The molecule has 0 aromatic carbocycles. The van der Waals surface area contributed by atoms with E-state index in [1.807, 2.05) is 4.90 Å². The second kappa shape index (κ2) is 5.87. The lowest BCUT2D eigenvalue weighted by Gasteiger charge is -2.33. The third kappa shape index (κ3) is 3.36. The smallest absolute Gasteiger partial charge is 0.239 e. The molecule has 0 spiro atoms. The summed E-state index contributed by atoms with van der Waals surface area (Å²) in [6.07, 6.45) is 2.84. The maximum Gasteiger partial charge on any atom is 0.239 e. The molecule has 2 unspecified atom stereocenters. The molecule has 0 radical (unpaired) electrons. The van der Waals surface area contributed by atoms with Crippen LogP contribution in [0.1, 0.15) is 47.0 Å². The van der Waals surface area contributed by atoms with E-state index in [0.29, 0.717) is 5.92 Å². The van der Waals surface area contributed by atoms with Crippen molar-refractivity contribution >= 4 is 18.3 Å². The zero-order chi connectivity index (χ0) is 11.6. The number of hydrogen-bond donors (Lipinski definition) is 1. The Morgan fingerprint density at radius 1 is 1.56 bits per heavy atom. The molecule has 0 aliphatic carbocycles. The number of likely N-dealkylation sites (tertiary alicyclic amines) is 1. The van der Waals surface area contributed by atoms with E-state index in [4.69, 9.17) is 5.73 Å². The minimum Gasteiger partial charge on any atom is -0.336 e. The van der Waals surface area contributed by atoms with Crippen LogP contribution >= 0.6 is 12.4 Å². The molecule has 3 nitrogen and oxygen atoms in total. The fourth-order valence-electron chi connectivity index (χ4n) is 2.61. The van der Waals surface area contributed by atoms with E-state index in [9.17, 15) is 4.79 Å². The van der Waals surface area contributed by atoms with Crippen LogP contribution in [-0.4, -0.2) is 28.9 Å². The van der Waals surface area contributed by atoms with E-state index >= 15 is 0 Å². The Bertz CT molecular complexity index is 243. The second-order valence-corrected chi connectivity index (χ2v) is 5.47. The molecule has 2 N–H and O–H groups in total. The van der Waals surface area contributed by atoms with Crippen molar-refractivity contribution in [2.45, 2.75) is 58.5 Å². The topological polar surface area (TPSA) is 46.3 Å². The number of carbonyl (C=O) groups excluding carboxylic acids is 1. The van der Waals surface area contributed by atoms with Crippen LogP contribution in [0.25, 0.3) is 0 Å². The minimum absolute atomic E-state index is 0. The molecule has 1 aliphatic heterocycles. The highest BCUT2D eigenvalue weighted by atomic mass is 35.5. The van der Waals surface area contributed by atoms with Gasteiger partial charge in [-0.15, -0.1) is 12.4 Å². The Labute approximate surface area is 105 Å². The Morgan fingerprint density at radius 2 is 2.12 bits per heavy atom. The SMILES string of the molecule is CCCC(N)C(=O)N1CC(C)CC1(C)C.Cl. The van der Waals surface area contributed by atoms with Gasteiger partial charge in [0.05, 0.1) is 6.04 Å². The highest BCUT2D eigenvalue weighted by Gasteiger charge is 2.40. The van der Waals surface area contributed by atoms with Gasteiger partial charge in [-0.25, -0.2) is 0 Å². The van der Waals surface area contributed by atoms with Gasteiger partial charge in [-0.05, 0) is 32.6 Å². The van der Waals surface area contributed by atoms with Crippen molar-refractivity contribution < 1.29 is 4.79 Å². The number of amides is 1. The van der Waals surface area contributed by atoms with Crippen molar-refractivity contribution in [3.05, 3.63) is 0 Å². The lowest BCUT2D eigenvalue weighted by Crippen LogP contribution is -2.50. The summed E-state index contributed by atoms with van der Waals surface area (Å²) < 4.78 is 0. The first-order valence-corrected chi connectivity index (χ1v) is 5.95. The lowest BCUT2D eigenvalue weighted by molar-refractivity contribution is -0.136. The molecule has 16 heavy (non-hydrogen) atoms. The van der Waals surface area contributed by atoms with Gasteiger partial charge in [-0.2, -0.15) is 0 Å². The summed E-state index contributed by atoms with van der Waals surface area (Å²) in [5.41, 5.74) is 5.87. The number of nitrogens with two attached hydrogens (primary N) is 1. The number of nitrogens with zero attached hydrogens (tertiary/aromatic N) is 1. The van der Waals surface area contributed by atoms with Crippen LogP contribution in [0.4, 0.5) is 0 Å². The standard InChI is InChI=1S/C12H24N2O.ClH/c1-5-6-10(13)11(15)14-8-9(2)7-12(14,3)4;/h9-10H,5-8,13H2,1-4H3;1H. The molecule has 0 aromatic rings. The Kier molecular flexibility index (Phi) is 5.77. The van der Waals surface area contributed by atoms with Crippen LogP contribution in [-0.2, 0) is 4.79 Å². The molecular weight excluding hydrogens is 224 g/mol. The van der Waals surface area contributed by atoms with Crippen molar-refractivity contribution in [3.8, 4) is 0 Å². The van der Waals surface area contributed by atoms with Crippen LogP contribution in [0, 0.1) is 5.92 Å². The summed E-state index contributed by atoms with van der Waals surface area (Å²) in [4.78, 5) is 14.1. The van der Waals surface area contributed by atoms with Gasteiger partial charge >= 0.3 is 0 Å². The van der Waals surface area contributed by atoms with Gasteiger partial charge in [0, 0.05) is 12.1 Å². The predicted octanol–water partition coefficient (Wildman–Crippen LogP) is 2.18. The fourth-order valence-corrected chi connectivity index (χ4v) is 2.61. The number of carbonyl (C=O) groups is 1. The van der Waals surface area contributed by atoms with Gasteiger partial charge in [0.15, 0.2) is 0 Å². The molecule has 0 bridgehead atoms. The maximum absolute atomic E-state index is 12.1. The first-order chi connectivity index (χ1) is 6.88. The summed E-state index contributed by atoms with van der Waals surface area (Å²) in [5.74, 6) is 0.726. The average Bonchev–Trinajstić information content (AvgIpc) is 2.38. The molecule has 2 atom stereocenters. The summed E-state index contributed by atoms with van der Waals surface area (Å²) in [5, 5.41) is 0.